The van der Waals surface area contributed by atoms with Crippen LogP contribution in [0.4, 0.5) is 28.1 Å². The van der Waals surface area contributed by atoms with Crippen LogP contribution in [0, 0.1) is 25.2 Å². The zero-order valence-corrected chi connectivity index (χ0v) is 19.1. The van der Waals surface area contributed by atoms with Crippen molar-refractivity contribution in [2.75, 3.05) is 10.2 Å². The van der Waals surface area contributed by atoms with Gasteiger partial charge >= 0.3 is 0 Å². The fourth-order valence-corrected chi connectivity index (χ4v) is 4.70. The van der Waals surface area contributed by atoms with Gasteiger partial charge in [-0.2, -0.15) is 5.26 Å². The summed E-state index contributed by atoms with van der Waals surface area (Å²) in [4.78, 5) is 11.8. The summed E-state index contributed by atoms with van der Waals surface area (Å²) in [6, 6.07) is 30.3. The van der Waals surface area contributed by atoms with Crippen molar-refractivity contribution in [3.8, 4) is 6.07 Å². The van der Waals surface area contributed by atoms with Gasteiger partial charge in [-0.3, -0.25) is 4.90 Å². The van der Waals surface area contributed by atoms with E-state index in [1.54, 1.807) is 11.3 Å². The number of aromatic nitrogens is 2. The Bertz CT molecular complexity index is 1440. The second-order valence-corrected chi connectivity index (χ2v) is 8.66. The third kappa shape index (κ3) is 3.91. The highest BCUT2D eigenvalue weighted by molar-refractivity contribution is 7.22. The SMILES string of the molecule is Cc1c(Nc2ccccc2)nc(N(c2ccccc2)c2nc3ccccc3s2)c(C#N)c1C. The fraction of sp³-hybridized carbons (Fsp3) is 0.0741. The van der Waals surface area contributed by atoms with Gasteiger partial charge in [-0.1, -0.05) is 59.9 Å². The van der Waals surface area contributed by atoms with Crippen LogP contribution in [0.15, 0.2) is 84.9 Å². The molecule has 0 aliphatic heterocycles. The first-order valence-corrected chi connectivity index (χ1v) is 11.4. The summed E-state index contributed by atoms with van der Waals surface area (Å²) in [6.45, 7) is 3.96. The molecule has 6 heteroatoms. The van der Waals surface area contributed by atoms with E-state index in [2.05, 4.69) is 17.5 Å². The first kappa shape index (κ1) is 20.7. The Morgan fingerprint density at radius 1 is 0.818 bits per heavy atom. The number of benzene rings is 3. The van der Waals surface area contributed by atoms with E-state index in [1.165, 1.54) is 0 Å². The molecule has 0 unspecified atom stereocenters. The summed E-state index contributed by atoms with van der Waals surface area (Å²) < 4.78 is 1.08. The summed E-state index contributed by atoms with van der Waals surface area (Å²) in [7, 11) is 0. The third-order valence-electron chi connectivity index (χ3n) is 5.58. The van der Waals surface area contributed by atoms with Gasteiger partial charge in [-0.15, -0.1) is 0 Å². The van der Waals surface area contributed by atoms with Crippen LogP contribution in [0.2, 0.25) is 0 Å². The molecule has 33 heavy (non-hydrogen) atoms. The van der Waals surface area contributed by atoms with Crippen LogP contribution >= 0.6 is 11.3 Å². The van der Waals surface area contributed by atoms with Crippen LogP contribution in [-0.2, 0) is 0 Å². The molecule has 0 saturated heterocycles. The Morgan fingerprint density at radius 2 is 1.48 bits per heavy atom. The van der Waals surface area contributed by atoms with Crippen LogP contribution in [0.3, 0.4) is 0 Å². The second-order valence-electron chi connectivity index (χ2n) is 7.65. The maximum absolute atomic E-state index is 10.1. The predicted molar refractivity (Wildman–Crippen MR) is 136 cm³/mol. The van der Waals surface area contributed by atoms with Crippen molar-refractivity contribution in [2.45, 2.75) is 13.8 Å². The lowest BCUT2D eigenvalue weighted by Gasteiger charge is -2.24. The molecule has 0 radical (unpaired) electrons. The van der Waals surface area contributed by atoms with E-state index in [-0.39, 0.29) is 0 Å². The van der Waals surface area contributed by atoms with Gasteiger partial charge in [0.05, 0.1) is 15.8 Å². The van der Waals surface area contributed by atoms with Gasteiger partial charge in [0.2, 0.25) is 0 Å². The highest BCUT2D eigenvalue weighted by Crippen LogP contribution is 2.41. The van der Waals surface area contributed by atoms with Gasteiger partial charge < -0.3 is 5.32 Å². The van der Waals surface area contributed by atoms with Gasteiger partial charge in [-0.05, 0) is 61.4 Å². The van der Waals surface area contributed by atoms with Crippen LogP contribution in [0.25, 0.3) is 10.2 Å². The summed E-state index contributed by atoms with van der Waals surface area (Å²) in [5.41, 5.74) is 5.13. The summed E-state index contributed by atoms with van der Waals surface area (Å²) in [5, 5.41) is 14.3. The first-order chi connectivity index (χ1) is 16.2. The molecule has 1 N–H and O–H groups in total. The van der Waals surface area contributed by atoms with Gasteiger partial charge in [0.1, 0.15) is 11.9 Å². The molecule has 0 bridgehead atoms. The number of hydrogen-bond acceptors (Lipinski definition) is 6. The third-order valence-corrected chi connectivity index (χ3v) is 6.60. The van der Waals surface area contributed by atoms with Crippen molar-refractivity contribution in [1.29, 1.82) is 5.26 Å². The van der Waals surface area contributed by atoms with Crippen LogP contribution in [0.1, 0.15) is 16.7 Å². The number of anilines is 5. The summed E-state index contributed by atoms with van der Waals surface area (Å²) in [6.07, 6.45) is 0. The molecule has 0 atom stereocenters. The number of pyridine rings is 1. The molecule has 160 valence electrons. The van der Waals surface area contributed by atoms with Crippen molar-refractivity contribution >= 4 is 49.7 Å². The molecule has 0 amide bonds. The number of hydrogen-bond donors (Lipinski definition) is 1. The molecule has 3 aromatic carbocycles. The lowest BCUT2D eigenvalue weighted by molar-refractivity contribution is 1.12. The predicted octanol–water partition coefficient (Wildman–Crippen LogP) is 7.39. The van der Waals surface area contributed by atoms with E-state index in [0.717, 1.165) is 43.7 Å². The normalized spacial score (nSPS) is 10.7. The zero-order chi connectivity index (χ0) is 22.8. The standard InChI is InChI=1S/C27H21N5S/c1-18-19(2)25(29-20-11-5-3-6-12-20)31-26(22(18)17-28)32(21-13-7-4-8-14-21)27-30-23-15-9-10-16-24(23)33-27/h3-16H,1-2H3,(H,29,31). The molecule has 5 rings (SSSR count). The van der Waals surface area contributed by atoms with E-state index < -0.39 is 0 Å². The van der Waals surface area contributed by atoms with Crippen molar-refractivity contribution in [3.63, 3.8) is 0 Å². The van der Waals surface area contributed by atoms with Crippen LogP contribution in [-0.4, -0.2) is 9.97 Å². The minimum absolute atomic E-state index is 0.536. The number of nitrogens with zero attached hydrogens (tertiary/aromatic N) is 4. The van der Waals surface area contributed by atoms with Crippen molar-refractivity contribution < 1.29 is 0 Å². The summed E-state index contributed by atoms with van der Waals surface area (Å²) >= 11 is 1.58. The number of para-hydroxylation sites is 3. The maximum Gasteiger partial charge on any atom is 0.196 e. The Kier molecular flexibility index (Phi) is 5.47. The molecular weight excluding hydrogens is 426 g/mol. The highest BCUT2D eigenvalue weighted by Gasteiger charge is 2.24. The van der Waals surface area contributed by atoms with E-state index in [1.807, 2.05) is 97.6 Å². The Labute approximate surface area is 196 Å². The highest BCUT2D eigenvalue weighted by atomic mass is 32.1. The van der Waals surface area contributed by atoms with E-state index in [9.17, 15) is 5.26 Å². The van der Waals surface area contributed by atoms with Gasteiger partial charge in [0.15, 0.2) is 10.9 Å². The molecule has 0 fully saturated rings. The van der Waals surface area contributed by atoms with E-state index in [0.29, 0.717) is 11.4 Å². The first-order valence-electron chi connectivity index (χ1n) is 10.6. The van der Waals surface area contributed by atoms with E-state index >= 15 is 0 Å². The minimum atomic E-state index is 0.536. The molecule has 0 spiro atoms. The smallest absolute Gasteiger partial charge is 0.196 e. The maximum atomic E-state index is 10.1. The quantitative estimate of drug-likeness (QED) is 0.304. The molecule has 5 aromatic rings. The number of thiazole rings is 1. The van der Waals surface area contributed by atoms with Gasteiger partial charge in [-0.25, -0.2) is 9.97 Å². The average Bonchev–Trinajstić information content (AvgIpc) is 3.28. The second kappa shape index (κ2) is 8.73. The molecule has 5 nitrogen and oxygen atoms in total. The Morgan fingerprint density at radius 3 is 2.18 bits per heavy atom. The molecule has 0 saturated carbocycles. The number of nitrogens with one attached hydrogen (secondary N) is 1. The largest absolute Gasteiger partial charge is 0.340 e. The average molecular weight is 448 g/mol. The lowest BCUT2D eigenvalue weighted by Crippen LogP contribution is -2.15. The monoisotopic (exact) mass is 447 g/mol. The number of rotatable bonds is 5. The molecule has 2 aromatic heterocycles. The number of fused-ring (bicyclic) bond motifs is 1. The van der Waals surface area contributed by atoms with Gasteiger partial charge in [0.25, 0.3) is 0 Å². The van der Waals surface area contributed by atoms with E-state index in [4.69, 9.17) is 9.97 Å². The minimum Gasteiger partial charge on any atom is -0.340 e. The van der Waals surface area contributed by atoms with Crippen LogP contribution in [0.5, 0.6) is 0 Å². The van der Waals surface area contributed by atoms with Crippen molar-refractivity contribution in [3.05, 3.63) is 102 Å². The Balaban J connectivity index is 1.74. The van der Waals surface area contributed by atoms with Crippen molar-refractivity contribution in [2.24, 2.45) is 0 Å². The summed E-state index contributed by atoms with van der Waals surface area (Å²) in [5.74, 6) is 1.28. The number of nitriles is 1. The fourth-order valence-electron chi connectivity index (χ4n) is 3.71. The zero-order valence-electron chi connectivity index (χ0n) is 18.3. The molecular formula is C27H21N5S. The topological polar surface area (TPSA) is 64.8 Å². The molecule has 0 aliphatic carbocycles. The lowest BCUT2D eigenvalue weighted by atomic mass is 10.0. The van der Waals surface area contributed by atoms with Crippen molar-refractivity contribution in [1.82, 2.24) is 9.97 Å². The molecule has 0 aliphatic rings. The Hall–Kier alpha value is -4.21. The van der Waals surface area contributed by atoms with Crippen LogP contribution < -0.4 is 10.2 Å². The van der Waals surface area contributed by atoms with Gasteiger partial charge in [0, 0.05) is 11.4 Å². The molecule has 2 heterocycles.